The van der Waals surface area contributed by atoms with E-state index in [4.69, 9.17) is 5.11 Å². The number of hydrogen-bond donors (Lipinski definition) is 1. The molecular formula is C27H25N3O3S. The molecule has 0 spiro atoms. The Bertz CT molecular complexity index is 1240. The van der Waals surface area contributed by atoms with E-state index in [1.165, 1.54) is 22.2 Å². The number of anilines is 1. The van der Waals surface area contributed by atoms with Crippen LogP contribution < -0.4 is 4.90 Å². The van der Waals surface area contributed by atoms with Gasteiger partial charge < -0.3 is 10.0 Å². The topological polar surface area (TPSA) is 73.2 Å². The normalized spacial score (nSPS) is 15.8. The molecule has 0 atom stereocenters. The highest BCUT2D eigenvalue weighted by Crippen LogP contribution is 2.33. The number of nitrogens with zero attached hydrogens (tertiary/aromatic N) is 3. The van der Waals surface area contributed by atoms with Gasteiger partial charge in [0.1, 0.15) is 0 Å². The van der Waals surface area contributed by atoms with Crippen molar-refractivity contribution in [1.29, 1.82) is 0 Å². The van der Waals surface area contributed by atoms with Gasteiger partial charge >= 0.3 is 5.97 Å². The molecule has 4 rings (SSSR count). The van der Waals surface area contributed by atoms with Crippen LogP contribution in [0.4, 0.5) is 11.4 Å². The number of hydrogen-bond acceptors (Lipinski definition) is 5. The number of benzene rings is 3. The predicted octanol–water partition coefficient (Wildman–Crippen LogP) is 5.18. The van der Waals surface area contributed by atoms with E-state index in [-0.39, 0.29) is 12.3 Å². The molecule has 0 bridgehead atoms. The second-order valence-corrected chi connectivity index (χ2v) is 9.05. The van der Waals surface area contributed by atoms with Gasteiger partial charge in [-0.3, -0.25) is 14.5 Å². The number of carboxylic acids is 1. The number of carboxylic acid groups (broad SMARTS) is 1. The lowest BCUT2D eigenvalue weighted by molar-refractivity contribution is -0.136. The van der Waals surface area contributed by atoms with Gasteiger partial charge in [0.2, 0.25) is 0 Å². The second kappa shape index (κ2) is 10.4. The minimum Gasteiger partial charge on any atom is -0.481 e. The van der Waals surface area contributed by atoms with Crippen molar-refractivity contribution >= 4 is 46.3 Å². The molecule has 7 heteroatoms. The predicted molar refractivity (Wildman–Crippen MR) is 138 cm³/mol. The Balaban J connectivity index is 1.45. The molecule has 0 aliphatic carbocycles. The van der Waals surface area contributed by atoms with Crippen molar-refractivity contribution in [3.8, 4) is 0 Å². The highest BCUT2D eigenvalue weighted by atomic mass is 32.2. The molecule has 1 N–H and O–H groups in total. The van der Waals surface area contributed by atoms with Crippen LogP contribution in [0.25, 0.3) is 6.08 Å². The number of thioether (sulfide) groups is 1. The minimum atomic E-state index is -0.874. The summed E-state index contributed by atoms with van der Waals surface area (Å²) < 4.78 is 0. The average Bonchev–Trinajstić information content (AvgIpc) is 3.09. The van der Waals surface area contributed by atoms with Crippen LogP contribution in [0.3, 0.4) is 0 Å². The summed E-state index contributed by atoms with van der Waals surface area (Å²) in [6.07, 6.45) is 1.85. The van der Waals surface area contributed by atoms with E-state index < -0.39 is 5.97 Å². The number of likely N-dealkylation sites (N-methyl/N-ethyl adjacent to an activating group) is 1. The molecule has 0 saturated carbocycles. The Kier molecular flexibility index (Phi) is 7.13. The molecule has 0 aromatic heterocycles. The Morgan fingerprint density at radius 2 is 1.68 bits per heavy atom. The first kappa shape index (κ1) is 23.3. The average molecular weight is 472 g/mol. The molecular weight excluding hydrogens is 446 g/mol. The van der Waals surface area contributed by atoms with Gasteiger partial charge in [0.15, 0.2) is 5.17 Å². The van der Waals surface area contributed by atoms with Crippen LogP contribution in [0.1, 0.15) is 16.7 Å². The van der Waals surface area contributed by atoms with Gasteiger partial charge in [-0.15, -0.1) is 0 Å². The number of aliphatic imine (C=N–C) groups is 1. The zero-order valence-electron chi connectivity index (χ0n) is 19.0. The van der Waals surface area contributed by atoms with Crippen LogP contribution in [0.5, 0.6) is 0 Å². The summed E-state index contributed by atoms with van der Waals surface area (Å²) in [5.74, 6) is -0.974. The Morgan fingerprint density at radius 3 is 2.32 bits per heavy atom. The third kappa shape index (κ3) is 5.74. The molecule has 172 valence electrons. The number of amidine groups is 1. The summed E-state index contributed by atoms with van der Waals surface area (Å²) in [5, 5.41) is 9.48. The van der Waals surface area contributed by atoms with Crippen molar-refractivity contribution in [2.45, 2.75) is 13.0 Å². The summed E-state index contributed by atoms with van der Waals surface area (Å²) in [6, 6.07) is 25.4. The van der Waals surface area contributed by atoms with Crippen molar-refractivity contribution in [2.24, 2.45) is 4.99 Å². The van der Waals surface area contributed by atoms with Gasteiger partial charge in [-0.05, 0) is 58.8 Å². The first-order chi connectivity index (χ1) is 16.4. The highest BCUT2D eigenvalue weighted by Gasteiger charge is 2.30. The first-order valence-corrected chi connectivity index (χ1v) is 11.6. The molecule has 3 aromatic carbocycles. The largest absolute Gasteiger partial charge is 0.481 e. The summed E-state index contributed by atoms with van der Waals surface area (Å²) >= 11 is 1.33. The number of amides is 1. The van der Waals surface area contributed by atoms with Gasteiger partial charge in [-0.1, -0.05) is 54.6 Å². The summed E-state index contributed by atoms with van der Waals surface area (Å²) in [5.41, 5.74) is 4.67. The number of rotatable bonds is 7. The molecule has 34 heavy (non-hydrogen) atoms. The molecule has 0 radical (unpaired) electrons. The minimum absolute atomic E-state index is 0.0300. The zero-order valence-corrected chi connectivity index (χ0v) is 19.8. The molecule has 3 aromatic rings. The lowest BCUT2D eigenvalue weighted by atomic mass is 10.1. The molecule has 1 heterocycles. The number of carbonyl (C=O) groups is 2. The van der Waals surface area contributed by atoms with Gasteiger partial charge in [-0.2, -0.15) is 0 Å². The Hall–Kier alpha value is -3.84. The van der Waals surface area contributed by atoms with Crippen LogP contribution in [0.15, 0.2) is 88.8 Å². The van der Waals surface area contributed by atoms with Crippen LogP contribution in [0.2, 0.25) is 0 Å². The fraction of sp³-hybridized carbons (Fsp3) is 0.148. The van der Waals surface area contributed by atoms with Crippen molar-refractivity contribution in [3.05, 3.63) is 100 Å². The zero-order chi connectivity index (χ0) is 24.1. The van der Waals surface area contributed by atoms with E-state index >= 15 is 0 Å². The summed E-state index contributed by atoms with van der Waals surface area (Å²) in [7, 11) is 3.76. The van der Waals surface area contributed by atoms with E-state index in [0.717, 1.165) is 17.8 Å². The molecule has 1 amide bonds. The summed E-state index contributed by atoms with van der Waals surface area (Å²) in [6.45, 7) is 0.817. The van der Waals surface area contributed by atoms with Gasteiger partial charge in [0.25, 0.3) is 5.91 Å². The second-order valence-electron chi connectivity index (χ2n) is 8.04. The van der Waals surface area contributed by atoms with E-state index in [1.54, 1.807) is 31.3 Å². The lowest BCUT2D eigenvalue weighted by Gasteiger charge is -2.19. The first-order valence-electron chi connectivity index (χ1n) is 10.8. The SMILES string of the molecule is CN1C(=O)/C(=C\c2ccc(N(C)Cc3ccccc3)cc2)SC1=Nc1ccc(CC(=O)O)cc1. The standard InChI is InChI=1S/C27H25N3O3S/c1-29(18-21-6-4-3-5-7-21)23-14-10-19(11-15-23)16-24-26(33)30(2)27(34-24)28-22-12-8-20(9-13-22)17-25(31)32/h3-16H,17-18H2,1-2H3,(H,31,32)/b24-16+,28-27?. The molecule has 1 saturated heterocycles. The number of aliphatic carboxylic acids is 1. The molecule has 1 aliphatic heterocycles. The van der Waals surface area contributed by atoms with Crippen LogP contribution in [-0.4, -0.2) is 41.1 Å². The molecule has 0 unspecified atom stereocenters. The van der Waals surface area contributed by atoms with E-state index in [1.807, 2.05) is 36.4 Å². The third-order valence-electron chi connectivity index (χ3n) is 5.41. The van der Waals surface area contributed by atoms with Crippen molar-refractivity contribution in [2.75, 3.05) is 19.0 Å². The van der Waals surface area contributed by atoms with E-state index in [2.05, 4.69) is 41.2 Å². The molecule has 1 fully saturated rings. The third-order valence-corrected chi connectivity index (χ3v) is 6.47. The van der Waals surface area contributed by atoms with Gasteiger partial charge in [0, 0.05) is 26.3 Å². The maximum absolute atomic E-state index is 12.7. The van der Waals surface area contributed by atoms with Crippen molar-refractivity contribution < 1.29 is 14.7 Å². The van der Waals surface area contributed by atoms with Gasteiger partial charge in [0.05, 0.1) is 17.0 Å². The van der Waals surface area contributed by atoms with Crippen molar-refractivity contribution in [1.82, 2.24) is 4.90 Å². The monoisotopic (exact) mass is 471 g/mol. The summed E-state index contributed by atoms with van der Waals surface area (Å²) in [4.78, 5) is 32.5. The Labute approximate surface area is 203 Å². The molecule has 6 nitrogen and oxygen atoms in total. The highest BCUT2D eigenvalue weighted by molar-refractivity contribution is 8.18. The van der Waals surface area contributed by atoms with Crippen LogP contribution in [-0.2, 0) is 22.6 Å². The van der Waals surface area contributed by atoms with Crippen molar-refractivity contribution in [3.63, 3.8) is 0 Å². The lowest BCUT2D eigenvalue weighted by Crippen LogP contribution is -2.23. The smallest absolute Gasteiger partial charge is 0.307 e. The van der Waals surface area contributed by atoms with Gasteiger partial charge in [-0.25, -0.2) is 4.99 Å². The van der Waals surface area contributed by atoms with Crippen LogP contribution in [0, 0.1) is 0 Å². The maximum Gasteiger partial charge on any atom is 0.307 e. The quantitative estimate of drug-likeness (QED) is 0.481. The Morgan fingerprint density at radius 1 is 1.00 bits per heavy atom. The fourth-order valence-electron chi connectivity index (χ4n) is 3.55. The van der Waals surface area contributed by atoms with E-state index in [9.17, 15) is 9.59 Å². The number of carbonyl (C=O) groups excluding carboxylic acids is 1. The molecule has 1 aliphatic rings. The van der Waals surface area contributed by atoms with Crippen LogP contribution >= 0.6 is 11.8 Å². The fourth-order valence-corrected chi connectivity index (χ4v) is 4.54. The maximum atomic E-state index is 12.7. The van der Waals surface area contributed by atoms with E-state index in [0.29, 0.717) is 21.3 Å².